The summed E-state index contributed by atoms with van der Waals surface area (Å²) < 4.78 is 12.7. The van der Waals surface area contributed by atoms with Crippen molar-refractivity contribution in [3.63, 3.8) is 0 Å². The summed E-state index contributed by atoms with van der Waals surface area (Å²) in [6.07, 6.45) is 4.42. The van der Waals surface area contributed by atoms with Crippen LogP contribution in [0.4, 0.5) is 5.69 Å². The van der Waals surface area contributed by atoms with Crippen LogP contribution in [0.15, 0.2) is 18.2 Å². The Morgan fingerprint density at radius 3 is 2.36 bits per heavy atom. The largest absolute Gasteiger partial charge is 0.490 e. The molecule has 0 aliphatic carbocycles. The first-order valence-electron chi connectivity index (χ1n) is 16.5. The molecule has 1 aromatic rings. The number of ether oxygens (including phenoxy) is 2. The number of anilines is 1. The number of aliphatic hydroxyl groups excluding tert-OH is 1. The van der Waals surface area contributed by atoms with Crippen molar-refractivity contribution in [3.05, 3.63) is 23.8 Å². The van der Waals surface area contributed by atoms with E-state index in [1.165, 1.54) is 0 Å². The van der Waals surface area contributed by atoms with E-state index in [2.05, 4.69) is 10.2 Å². The summed E-state index contributed by atoms with van der Waals surface area (Å²) in [5, 5.41) is 13.1. The number of amides is 3. The zero-order valence-electron chi connectivity index (χ0n) is 29.0. The van der Waals surface area contributed by atoms with Gasteiger partial charge in [-0.2, -0.15) is 0 Å². The lowest BCUT2D eigenvalue weighted by molar-refractivity contribution is -0.132. The van der Waals surface area contributed by atoms with Crippen molar-refractivity contribution in [2.45, 2.75) is 84.0 Å². The number of rotatable bonds is 13. The molecule has 1 heterocycles. The van der Waals surface area contributed by atoms with Gasteiger partial charge >= 0.3 is 0 Å². The van der Waals surface area contributed by atoms with Crippen LogP contribution >= 0.6 is 0 Å². The van der Waals surface area contributed by atoms with Crippen molar-refractivity contribution in [3.8, 4) is 5.75 Å². The first kappa shape index (κ1) is 38.5. The zero-order valence-corrected chi connectivity index (χ0v) is 29.0. The molecule has 0 saturated heterocycles. The number of carbonyl (C=O) groups excluding carboxylic acids is 3. The molecule has 1 aromatic carbocycles. The zero-order chi connectivity index (χ0) is 33.5. The van der Waals surface area contributed by atoms with Crippen molar-refractivity contribution in [2.24, 2.45) is 5.92 Å². The van der Waals surface area contributed by atoms with Crippen LogP contribution in [0.5, 0.6) is 5.75 Å². The highest BCUT2D eigenvalue weighted by Crippen LogP contribution is 2.28. The number of likely N-dealkylation sites (N-methyl/N-ethyl adjacent to an activating group) is 1. The molecule has 1 aliphatic heterocycles. The minimum atomic E-state index is -0.478. The molecule has 45 heavy (non-hydrogen) atoms. The molecule has 0 spiro atoms. The number of aliphatic hydroxyl groups is 1. The van der Waals surface area contributed by atoms with Crippen LogP contribution in [0.3, 0.4) is 0 Å². The topological polar surface area (TPSA) is 115 Å². The molecular weight excluding hydrogens is 574 g/mol. The first-order chi connectivity index (χ1) is 21.3. The Bertz CT molecular complexity index is 1070. The second-order valence-corrected chi connectivity index (χ2v) is 13.1. The average Bonchev–Trinajstić information content (AvgIpc) is 2.97. The predicted octanol–water partition coefficient (Wildman–Crippen LogP) is 3.56. The van der Waals surface area contributed by atoms with E-state index in [9.17, 15) is 19.5 Å². The highest BCUT2D eigenvalue weighted by molar-refractivity contribution is 5.99. The van der Waals surface area contributed by atoms with Gasteiger partial charge in [0.25, 0.3) is 5.91 Å². The lowest BCUT2D eigenvalue weighted by Gasteiger charge is -2.36. The third-order valence-corrected chi connectivity index (χ3v) is 8.22. The summed E-state index contributed by atoms with van der Waals surface area (Å²) in [5.41, 5.74) is 0.859. The van der Waals surface area contributed by atoms with Crippen LogP contribution in [0.25, 0.3) is 0 Å². The van der Waals surface area contributed by atoms with Crippen LogP contribution in [0.1, 0.15) is 76.1 Å². The standard InChI is InChI=1S/C34H59N5O6/c1-25-22-39(26(2)24-40)34(43)29-21-28(35-32(41)14-11-18-36(4)5)16-17-30(29)45-27(3)13-9-10-20-44-31(25)23-38(8)33(42)15-12-19-37(6)7/h16-17,21,25-27,31,40H,9-15,18-20,22-24H2,1-8H3,(H,35,41)/t25-,26+,27-,31+/m0/s1. The fourth-order valence-electron chi connectivity index (χ4n) is 5.35. The molecule has 2 rings (SSSR count). The third kappa shape index (κ3) is 13.7. The average molecular weight is 634 g/mol. The van der Waals surface area contributed by atoms with Crippen LogP contribution in [-0.4, -0.2) is 135 Å². The quantitative estimate of drug-likeness (QED) is 0.339. The number of nitrogens with zero attached hydrogens (tertiary/aromatic N) is 4. The summed E-state index contributed by atoms with van der Waals surface area (Å²) in [7, 11) is 9.74. The molecule has 256 valence electrons. The van der Waals surface area contributed by atoms with E-state index in [0.29, 0.717) is 49.5 Å². The van der Waals surface area contributed by atoms with Gasteiger partial charge in [-0.3, -0.25) is 14.4 Å². The van der Waals surface area contributed by atoms with Gasteiger partial charge in [0.05, 0.1) is 30.4 Å². The van der Waals surface area contributed by atoms with Crippen molar-refractivity contribution < 1.29 is 29.0 Å². The van der Waals surface area contributed by atoms with Gasteiger partial charge in [-0.05, 0) is 105 Å². The molecule has 0 aromatic heterocycles. The minimum absolute atomic E-state index is 0.0694. The molecular formula is C34H59N5O6. The van der Waals surface area contributed by atoms with E-state index in [-0.39, 0.29) is 42.5 Å². The summed E-state index contributed by atoms with van der Waals surface area (Å²) in [5.74, 6) is -0.0215. The second-order valence-electron chi connectivity index (χ2n) is 13.1. The van der Waals surface area contributed by atoms with Crippen LogP contribution in [0.2, 0.25) is 0 Å². The fourth-order valence-corrected chi connectivity index (χ4v) is 5.35. The maximum absolute atomic E-state index is 14.3. The maximum Gasteiger partial charge on any atom is 0.258 e. The van der Waals surface area contributed by atoms with E-state index in [4.69, 9.17) is 9.47 Å². The second kappa shape index (κ2) is 19.7. The normalized spacial score (nSPS) is 20.7. The molecule has 11 nitrogen and oxygen atoms in total. The molecule has 1 aliphatic rings. The van der Waals surface area contributed by atoms with Gasteiger partial charge in [0, 0.05) is 51.2 Å². The lowest BCUT2D eigenvalue weighted by atomic mass is 10.0. The molecule has 0 saturated carbocycles. The number of benzene rings is 1. The summed E-state index contributed by atoms with van der Waals surface area (Å²) in [6, 6.07) is 4.71. The Morgan fingerprint density at radius 1 is 1.04 bits per heavy atom. The Morgan fingerprint density at radius 2 is 1.71 bits per heavy atom. The Kier molecular flexibility index (Phi) is 16.8. The van der Waals surface area contributed by atoms with Crippen molar-refractivity contribution in [1.82, 2.24) is 19.6 Å². The SMILES string of the molecule is C[C@H](CO)N1C[C@H](C)[C@@H](CN(C)C(=O)CCCN(C)C)OCCCC[C@H](C)Oc2ccc(NC(=O)CCCN(C)C)cc2C1=O. The molecule has 4 atom stereocenters. The summed E-state index contributed by atoms with van der Waals surface area (Å²) >= 11 is 0. The van der Waals surface area contributed by atoms with Crippen molar-refractivity contribution in [1.29, 1.82) is 0 Å². The monoisotopic (exact) mass is 633 g/mol. The van der Waals surface area contributed by atoms with Gasteiger partial charge in [0.15, 0.2) is 0 Å². The van der Waals surface area contributed by atoms with Gasteiger partial charge in [-0.25, -0.2) is 0 Å². The van der Waals surface area contributed by atoms with E-state index in [0.717, 1.165) is 45.2 Å². The molecule has 0 bridgehead atoms. The van der Waals surface area contributed by atoms with E-state index >= 15 is 0 Å². The van der Waals surface area contributed by atoms with Gasteiger partial charge < -0.3 is 39.5 Å². The Labute approximate surface area is 271 Å². The Balaban J connectivity index is 2.34. The molecule has 11 heteroatoms. The highest BCUT2D eigenvalue weighted by Gasteiger charge is 2.31. The van der Waals surface area contributed by atoms with E-state index in [1.807, 2.05) is 60.9 Å². The first-order valence-corrected chi connectivity index (χ1v) is 16.5. The molecule has 0 fully saturated rings. The fraction of sp³-hybridized carbons (Fsp3) is 0.735. The van der Waals surface area contributed by atoms with Crippen LogP contribution in [0, 0.1) is 5.92 Å². The lowest BCUT2D eigenvalue weighted by Crippen LogP contribution is -2.48. The highest BCUT2D eigenvalue weighted by atomic mass is 16.5. The molecule has 2 N–H and O–H groups in total. The van der Waals surface area contributed by atoms with Gasteiger partial charge in [0.1, 0.15) is 5.75 Å². The smallest absolute Gasteiger partial charge is 0.258 e. The van der Waals surface area contributed by atoms with Crippen molar-refractivity contribution in [2.75, 3.05) is 79.9 Å². The van der Waals surface area contributed by atoms with E-state index < -0.39 is 6.04 Å². The van der Waals surface area contributed by atoms with Gasteiger partial charge in [-0.1, -0.05) is 6.92 Å². The number of hydrogen-bond acceptors (Lipinski definition) is 8. The predicted molar refractivity (Wildman–Crippen MR) is 179 cm³/mol. The number of hydrogen-bond donors (Lipinski definition) is 2. The number of fused-ring (bicyclic) bond motifs is 1. The molecule has 0 radical (unpaired) electrons. The van der Waals surface area contributed by atoms with Gasteiger partial charge in [0.2, 0.25) is 11.8 Å². The molecule has 0 unspecified atom stereocenters. The third-order valence-electron chi connectivity index (χ3n) is 8.22. The number of nitrogens with one attached hydrogen (secondary N) is 1. The molecule has 3 amide bonds. The Hall–Kier alpha value is -2.73. The summed E-state index contributed by atoms with van der Waals surface area (Å²) in [4.78, 5) is 47.3. The van der Waals surface area contributed by atoms with Crippen LogP contribution < -0.4 is 10.1 Å². The van der Waals surface area contributed by atoms with E-state index in [1.54, 1.807) is 28.0 Å². The number of carbonyl (C=O) groups is 3. The summed E-state index contributed by atoms with van der Waals surface area (Å²) in [6.45, 7) is 8.51. The minimum Gasteiger partial charge on any atom is -0.490 e. The maximum atomic E-state index is 14.3. The van der Waals surface area contributed by atoms with Crippen molar-refractivity contribution >= 4 is 23.4 Å². The van der Waals surface area contributed by atoms with Gasteiger partial charge in [-0.15, -0.1) is 0 Å². The van der Waals surface area contributed by atoms with Crippen LogP contribution in [-0.2, 0) is 14.3 Å².